The summed E-state index contributed by atoms with van der Waals surface area (Å²) >= 11 is 0. The van der Waals surface area contributed by atoms with Crippen LogP contribution in [0.25, 0.3) is 21.5 Å². The van der Waals surface area contributed by atoms with Crippen LogP contribution >= 0.6 is 0 Å². The standard InChI is InChI=1S/C16H11N2O2S/c1-9-10-7-4-8-12-11-5-2-3-6-13(11)15-16(14(10)12)18(9)21(19,20)17-15/h2-9H,1H3/q+1. The minimum absolute atomic E-state index is 0.199. The topological polar surface area (TPSA) is 49.5 Å². The van der Waals surface area contributed by atoms with E-state index in [4.69, 9.17) is 0 Å². The highest BCUT2D eigenvalue weighted by molar-refractivity contribution is 7.88. The molecular formula is C16H11N2O2S+. The Hall–Kier alpha value is -2.27. The largest absolute Gasteiger partial charge is 0.488 e. The third-order valence-electron chi connectivity index (χ3n) is 4.51. The zero-order chi connectivity index (χ0) is 14.4. The molecule has 4 nitrogen and oxygen atoms in total. The molecule has 21 heavy (non-hydrogen) atoms. The Morgan fingerprint density at radius 2 is 1.71 bits per heavy atom. The zero-order valence-electron chi connectivity index (χ0n) is 11.2. The van der Waals surface area contributed by atoms with Crippen LogP contribution in [-0.4, -0.2) is 8.42 Å². The van der Waals surface area contributed by atoms with Gasteiger partial charge in [0.05, 0.1) is 5.39 Å². The number of hydrogen-bond donors (Lipinski definition) is 0. The molecule has 0 fully saturated rings. The molecule has 102 valence electrons. The average Bonchev–Trinajstić information content (AvgIpc) is 2.94. The van der Waals surface area contributed by atoms with Crippen molar-refractivity contribution in [1.29, 1.82) is 0 Å². The van der Waals surface area contributed by atoms with Crippen LogP contribution in [0.2, 0.25) is 0 Å². The van der Waals surface area contributed by atoms with Crippen molar-refractivity contribution in [3.8, 4) is 0 Å². The molecule has 2 heterocycles. The first-order valence-electron chi connectivity index (χ1n) is 6.84. The van der Waals surface area contributed by atoms with Crippen molar-refractivity contribution in [2.24, 2.45) is 4.40 Å². The van der Waals surface area contributed by atoms with Gasteiger partial charge in [-0.1, -0.05) is 50.8 Å². The second kappa shape index (κ2) is 3.31. The van der Waals surface area contributed by atoms with Gasteiger partial charge in [-0.15, -0.1) is 8.42 Å². The second-order valence-corrected chi connectivity index (χ2v) is 7.03. The maximum Gasteiger partial charge on any atom is 0.488 e. The van der Waals surface area contributed by atoms with Gasteiger partial charge in [-0.25, -0.2) is 0 Å². The van der Waals surface area contributed by atoms with Crippen molar-refractivity contribution >= 4 is 31.8 Å². The minimum Gasteiger partial charge on any atom is -0.141 e. The number of fused-ring (bicyclic) bond motifs is 3. The summed E-state index contributed by atoms with van der Waals surface area (Å²) in [5.41, 5.74) is 1.06. The highest BCUT2D eigenvalue weighted by Gasteiger charge is 2.44. The Morgan fingerprint density at radius 3 is 2.52 bits per heavy atom. The molecule has 3 aromatic carbocycles. The summed E-state index contributed by atoms with van der Waals surface area (Å²) < 4.78 is 30.4. The van der Waals surface area contributed by atoms with Crippen LogP contribution in [0.5, 0.6) is 0 Å². The fraction of sp³-hybridized carbons (Fsp3) is 0.125. The second-order valence-electron chi connectivity index (χ2n) is 5.55. The molecule has 1 unspecified atom stereocenters. The summed E-state index contributed by atoms with van der Waals surface area (Å²) in [6, 6.07) is 13.7. The summed E-state index contributed by atoms with van der Waals surface area (Å²) in [4.78, 5) is 0. The summed E-state index contributed by atoms with van der Waals surface area (Å²) in [5, 5.41) is 5.44. The lowest BCUT2D eigenvalue weighted by Crippen LogP contribution is -2.33. The van der Waals surface area contributed by atoms with Gasteiger partial charge in [-0.05, 0) is 10.8 Å². The zero-order valence-corrected chi connectivity index (χ0v) is 12.1. The number of rotatable bonds is 0. The predicted molar refractivity (Wildman–Crippen MR) is 80.8 cm³/mol. The smallest absolute Gasteiger partial charge is 0.141 e. The first-order valence-corrected chi connectivity index (χ1v) is 8.24. The molecular weight excluding hydrogens is 284 g/mol. The molecule has 0 amide bonds. The molecule has 5 rings (SSSR count). The van der Waals surface area contributed by atoms with E-state index in [1.54, 1.807) is 0 Å². The van der Waals surface area contributed by atoms with Crippen molar-refractivity contribution in [2.75, 3.05) is 0 Å². The van der Waals surface area contributed by atoms with E-state index in [0.717, 1.165) is 32.5 Å². The van der Waals surface area contributed by atoms with Gasteiger partial charge in [0.2, 0.25) is 0 Å². The van der Waals surface area contributed by atoms with Crippen LogP contribution in [-0.2, 0) is 10.2 Å². The van der Waals surface area contributed by atoms with Gasteiger partial charge in [-0.2, -0.15) is 0 Å². The van der Waals surface area contributed by atoms with E-state index < -0.39 is 10.2 Å². The number of hydrogen-bond acceptors (Lipinski definition) is 2. The summed E-state index contributed by atoms with van der Waals surface area (Å²) in [7, 11) is -3.63. The molecule has 0 aromatic heterocycles. The maximum absolute atomic E-state index is 12.4. The summed E-state index contributed by atoms with van der Waals surface area (Å²) in [6.07, 6.45) is 0. The molecule has 2 aliphatic heterocycles. The molecule has 1 atom stereocenters. The normalized spacial score (nSPS) is 21.2. The third-order valence-corrected chi connectivity index (χ3v) is 5.92. The van der Waals surface area contributed by atoms with Crippen LogP contribution in [0.15, 0.2) is 46.9 Å². The Morgan fingerprint density at radius 1 is 1.00 bits per heavy atom. The molecule has 0 N–H and O–H groups in total. The molecule has 0 aliphatic carbocycles. The molecule has 0 saturated heterocycles. The first-order chi connectivity index (χ1) is 10.1. The van der Waals surface area contributed by atoms with Crippen molar-refractivity contribution in [2.45, 2.75) is 13.0 Å². The van der Waals surface area contributed by atoms with E-state index in [1.165, 1.54) is 3.98 Å². The Labute approximate surface area is 120 Å². The lowest BCUT2D eigenvalue weighted by molar-refractivity contribution is 0.550. The summed E-state index contributed by atoms with van der Waals surface area (Å²) in [6.45, 7) is 1.92. The SMILES string of the molecule is CC1c2cccc3c2c2c(c4ccccc43)=NS(=O)(=O)[N+]=21. The molecule has 0 spiro atoms. The van der Waals surface area contributed by atoms with E-state index in [-0.39, 0.29) is 6.04 Å². The van der Waals surface area contributed by atoms with Crippen molar-refractivity contribution in [3.05, 3.63) is 58.7 Å². The van der Waals surface area contributed by atoms with Gasteiger partial charge in [0.15, 0.2) is 11.4 Å². The van der Waals surface area contributed by atoms with E-state index in [9.17, 15) is 8.42 Å². The van der Waals surface area contributed by atoms with Crippen molar-refractivity contribution < 1.29 is 8.42 Å². The van der Waals surface area contributed by atoms with Crippen LogP contribution in [0.1, 0.15) is 18.5 Å². The monoisotopic (exact) mass is 295 g/mol. The predicted octanol–water partition coefficient (Wildman–Crippen LogP) is 1.44. The first kappa shape index (κ1) is 11.4. The lowest BCUT2D eigenvalue weighted by Gasteiger charge is -2.05. The van der Waals surface area contributed by atoms with Crippen LogP contribution in [0.3, 0.4) is 0 Å². The molecule has 0 bridgehead atoms. The van der Waals surface area contributed by atoms with Gasteiger partial charge in [0.1, 0.15) is 0 Å². The van der Waals surface area contributed by atoms with Gasteiger partial charge < -0.3 is 0 Å². The van der Waals surface area contributed by atoms with Crippen LogP contribution < -0.4 is 14.7 Å². The highest BCUT2D eigenvalue weighted by Crippen LogP contribution is 2.32. The van der Waals surface area contributed by atoms with E-state index in [1.807, 2.05) is 43.3 Å². The van der Waals surface area contributed by atoms with E-state index >= 15 is 0 Å². The Bertz CT molecular complexity index is 1210. The fourth-order valence-electron chi connectivity index (χ4n) is 3.68. The Kier molecular flexibility index (Phi) is 1.80. The van der Waals surface area contributed by atoms with Crippen LogP contribution in [0, 0.1) is 0 Å². The fourth-order valence-corrected chi connectivity index (χ4v) is 5.10. The molecule has 5 heteroatoms. The van der Waals surface area contributed by atoms with Crippen molar-refractivity contribution in [3.63, 3.8) is 0 Å². The average molecular weight is 295 g/mol. The van der Waals surface area contributed by atoms with Gasteiger partial charge in [0, 0.05) is 17.9 Å². The minimum atomic E-state index is -3.63. The van der Waals surface area contributed by atoms with Gasteiger partial charge >= 0.3 is 10.2 Å². The van der Waals surface area contributed by atoms with Crippen LogP contribution in [0.4, 0.5) is 0 Å². The van der Waals surface area contributed by atoms with E-state index in [0.29, 0.717) is 5.36 Å². The highest BCUT2D eigenvalue weighted by atomic mass is 32.2. The molecule has 3 aromatic rings. The van der Waals surface area contributed by atoms with Gasteiger partial charge in [-0.3, -0.25) is 0 Å². The molecule has 0 radical (unpaired) electrons. The third kappa shape index (κ3) is 1.15. The summed E-state index contributed by atoms with van der Waals surface area (Å²) in [5.74, 6) is 0. The number of nitrogens with zero attached hydrogens (tertiary/aromatic N) is 2. The van der Waals surface area contributed by atoms with E-state index in [2.05, 4.69) is 10.5 Å². The quantitative estimate of drug-likeness (QED) is 0.465. The molecule has 2 aliphatic rings. The molecule has 0 saturated carbocycles. The van der Waals surface area contributed by atoms with Gasteiger partial charge in [0.25, 0.3) is 5.36 Å². The Balaban J connectivity index is 2.32. The lowest BCUT2D eigenvalue weighted by atomic mass is 9.97. The van der Waals surface area contributed by atoms with Crippen molar-refractivity contribution in [1.82, 2.24) is 3.98 Å². The maximum atomic E-state index is 12.4. The number of benzene rings is 3.